The molecule has 0 saturated carbocycles. The smallest absolute Gasteiger partial charge is 0.291 e. The third kappa shape index (κ3) is 4.91. The van der Waals surface area contributed by atoms with Gasteiger partial charge in [-0.25, -0.2) is 9.67 Å². The third-order valence-corrected chi connectivity index (χ3v) is 8.36. The van der Waals surface area contributed by atoms with E-state index in [4.69, 9.17) is 0 Å². The fraction of sp³-hybridized carbons (Fsp3) is 0.240. The van der Waals surface area contributed by atoms with E-state index in [1.165, 1.54) is 17.7 Å². The van der Waals surface area contributed by atoms with Crippen LogP contribution in [0.4, 0.5) is 5.00 Å². The van der Waals surface area contributed by atoms with Crippen molar-refractivity contribution in [1.82, 2.24) is 29.9 Å². The molecule has 0 fully saturated rings. The van der Waals surface area contributed by atoms with E-state index in [1.807, 2.05) is 50.5 Å². The van der Waals surface area contributed by atoms with Crippen LogP contribution in [0.25, 0.3) is 0 Å². The fourth-order valence-corrected chi connectivity index (χ4v) is 6.28. The molecule has 1 atom stereocenters. The van der Waals surface area contributed by atoms with Gasteiger partial charge < -0.3 is 10.2 Å². The highest BCUT2D eigenvalue weighted by atomic mass is 32.2. The Bertz CT molecular complexity index is 1490. The number of anilines is 1. The Morgan fingerprint density at radius 2 is 2.03 bits per heavy atom. The van der Waals surface area contributed by atoms with Crippen LogP contribution in [-0.2, 0) is 18.4 Å². The number of amides is 2. The molecule has 0 saturated heterocycles. The standard InChI is InChI=1S/C25H23N7O2S2/c1-16-20(10-9-18-11-27-30(2)12-18)36-25-21(16)35-14-19(24(34)31(25)3)28-23(33)22-26-15-32(29-22)13-17-7-5-4-6-8-17/h4-8,11-12,15,19H,13-14H2,1-3H3,(H,28,33)/t19-/m0/s1. The van der Waals surface area contributed by atoms with Gasteiger partial charge >= 0.3 is 0 Å². The molecule has 0 aliphatic carbocycles. The van der Waals surface area contributed by atoms with Gasteiger partial charge in [0, 0.05) is 30.9 Å². The number of likely N-dealkylation sites (N-methyl/N-ethyl adjacent to an activating group) is 1. The van der Waals surface area contributed by atoms with Gasteiger partial charge in [0.1, 0.15) is 17.4 Å². The molecular weight excluding hydrogens is 494 g/mol. The summed E-state index contributed by atoms with van der Waals surface area (Å²) in [5, 5.41) is 12.1. The van der Waals surface area contributed by atoms with Gasteiger partial charge in [-0.3, -0.25) is 14.3 Å². The molecule has 1 N–H and O–H groups in total. The lowest BCUT2D eigenvalue weighted by molar-refractivity contribution is -0.119. The normalized spacial score (nSPS) is 15.1. The van der Waals surface area contributed by atoms with Crippen molar-refractivity contribution in [3.8, 4) is 11.8 Å². The van der Waals surface area contributed by atoms with Gasteiger partial charge in [-0.2, -0.15) is 5.10 Å². The average molecular weight is 518 g/mol. The lowest BCUT2D eigenvalue weighted by Gasteiger charge is -2.19. The van der Waals surface area contributed by atoms with Gasteiger partial charge in [0.05, 0.1) is 23.2 Å². The van der Waals surface area contributed by atoms with E-state index in [9.17, 15) is 9.59 Å². The molecule has 1 aliphatic rings. The molecule has 4 heterocycles. The minimum atomic E-state index is -0.697. The predicted molar refractivity (Wildman–Crippen MR) is 139 cm³/mol. The number of nitrogens with one attached hydrogen (secondary N) is 1. The Labute approximate surface area is 216 Å². The van der Waals surface area contributed by atoms with Crippen LogP contribution < -0.4 is 10.2 Å². The first kappa shape index (κ1) is 23.8. The molecule has 0 radical (unpaired) electrons. The van der Waals surface area contributed by atoms with Crippen molar-refractivity contribution in [2.24, 2.45) is 7.05 Å². The molecule has 3 aromatic heterocycles. The molecule has 9 nitrogen and oxygen atoms in total. The third-order valence-electron chi connectivity index (χ3n) is 5.66. The number of thioether (sulfide) groups is 1. The van der Waals surface area contributed by atoms with Crippen molar-refractivity contribution >= 4 is 39.9 Å². The molecule has 5 rings (SSSR count). The summed E-state index contributed by atoms with van der Waals surface area (Å²) in [6.07, 6.45) is 5.10. The Morgan fingerprint density at radius 1 is 1.22 bits per heavy atom. The summed E-state index contributed by atoms with van der Waals surface area (Å²) in [6.45, 7) is 2.52. The van der Waals surface area contributed by atoms with Crippen LogP contribution in [0.5, 0.6) is 0 Å². The number of hydrogen-bond donors (Lipinski definition) is 1. The number of hydrogen-bond acceptors (Lipinski definition) is 7. The van der Waals surface area contributed by atoms with Gasteiger partial charge in [-0.15, -0.1) is 28.2 Å². The van der Waals surface area contributed by atoms with Crippen LogP contribution in [0.2, 0.25) is 0 Å². The van der Waals surface area contributed by atoms with Crippen molar-refractivity contribution in [1.29, 1.82) is 0 Å². The van der Waals surface area contributed by atoms with Gasteiger partial charge in [0.15, 0.2) is 0 Å². The van der Waals surface area contributed by atoms with Gasteiger partial charge in [-0.05, 0) is 18.1 Å². The lowest BCUT2D eigenvalue weighted by Crippen LogP contribution is -2.48. The predicted octanol–water partition coefficient (Wildman–Crippen LogP) is 2.70. The first-order chi connectivity index (χ1) is 17.4. The second-order valence-corrected chi connectivity index (χ2v) is 10.4. The zero-order chi connectivity index (χ0) is 25.2. The maximum absolute atomic E-state index is 13.2. The number of nitrogens with zero attached hydrogens (tertiary/aromatic N) is 6. The fourth-order valence-electron chi connectivity index (χ4n) is 3.75. The van der Waals surface area contributed by atoms with Crippen LogP contribution in [0, 0.1) is 18.8 Å². The number of thiophene rings is 1. The zero-order valence-electron chi connectivity index (χ0n) is 19.9. The maximum atomic E-state index is 13.2. The average Bonchev–Trinajstić information content (AvgIpc) is 3.57. The van der Waals surface area contributed by atoms with Crippen LogP contribution in [-0.4, -0.2) is 55.2 Å². The summed E-state index contributed by atoms with van der Waals surface area (Å²) in [6, 6.07) is 9.10. The number of carbonyl (C=O) groups excluding carboxylic acids is 2. The Balaban J connectivity index is 1.28. The SMILES string of the molecule is Cc1c(C#Cc2cnn(C)c2)sc2c1SC[C@H](NC(=O)c1ncn(Cc3ccccc3)n1)C(=O)N2C. The van der Waals surface area contributed by atoms with E-state index in [0.717, 1.165) is 31.5 Å². The highest BCUT2D eigenvalue weighted by Gasteiger charge is 2.33. The van der Waals surface area contributed by atoms with Crippen LogP contribution >= 0.6 is 23.1 Å². The van der Waals surface area contributed by atoms with E-state index < -0.39 is 11.9 Å². The molecule has 2 amide bonds. The Hall–Kier alpha value is -3.88. The molecule has 0 spiro atoms. The first-order valence-electron chi connectivity index (χ1n) is 11.2. The van der Waals surface area contributed by atoms with Gasteiger partial charge in [0.25, 0.3) is 11.8 Å². The Kier molecular flexibility index (Phi) is 6.63. The summed E-state index contributed by atoms with van der Waals surface area (Å²) in [5.41, 5.74) is 2.92. The maximum Gasteiger partial charge on any atom is 0.291 e. The molecule has 0 bridgehead atoms. The summed E-state index contributed by atoms with van der Waals surface area (Å²) in [7, 11) is 3.58. The largest absolute Gasteiger partial charge is 0.337 e. The Morgan fingerprint density at radius 3 is 2.78 bits per heavy atom. The number of benzene rings is 1. The van der Waals surface area contributed by atoms with E-state index in [0.29, 0.717) is 12.3 Å². The molecular formula is C25H23N7O2S2. The topological polar surface area (TPSA) is 97.9 Å². The molecule has 36 heavy (non-hydrogen) atoms. The summed E-state index contributed by atoms with van der Waals surface area (Å²) in [5.74, 6) is 6.13. The molecule has 182 valence electrons. The van der Waals surface area contributed by atoms with E-state index >= 15 is 0 Å². The molecule has 11 heteroatoms. The number of rotatable bonds is 4. The lowest BCUT2D eigenvalue weighted by atomic mass is 10.2. The van der Waals surface area contributed by atoms with Gasteiger partial charge in [0.2, 0.25) is 5.82 Å². The summed E-state index contributed by atoms with van der Waals surface area (Å²) >= 11 is 3.02. The van der Waals surface area contributed by atoms with E-state index in [1.54, 1.807) is 39.3 Å². The molecule has 1 aliphatic heterocycles. The zero-order valence-corrected chi connectivity index (χ0v) is 21.6. The summed E-state index contributed by atoms with van der Waals surface area (Å²) in [4.78, 5) is 33.7. The van der Waals surface area contributed by atoms with Crippen molar-refractivity contribution in [3.05, 3.63) is 76.4 Å². The van der Waals surface area contributed by atoms with Crippen LogP contribution in [0.3, 0.4) is 0 Å². The first-order valence-corrected chi connectivity index (χ1v) is 13.0. The van der Waals surface area contributed by atoms with Gasteiger partial charge in [-0.1, -0.05) is 42.2 Å². The second-order valence-electron chi connectivity index (χ2n) is 8.33. The van der Waals surface area contributed by atoms with Crippen molar-refractivity contribution in [3.63, 3.8) is 0 Å². The van der Waals surface area contributed by atoms with Crippen LogP contribution in [0.15, 0.2) is 53.9 Å². The minimum absolute atomic E-state index is 0.0366. The number of aryl methyl sites for hydroxylation is 1. The van der Waals surface area contributed by atoms with Crippen molar-refractivity contribution in [2.45, 2.75) is 24.4 Å². The van der Waals surface area contributed by atoms with E-state index in [-0.39, 0.29) is 11.7 Å². The molecule has 0 unspecified atom stereocenters. The van der Waals surface area contributed by atoms with E-state index in [2.05, 4.69) is 32.3 Å². The monoisotopic (exact) mass is 517 g/mol. The second kappa shape index (κ2) is 10.0. The van der Waals surface area contributed by atoms with Crippen LogP contribution in [0.1, 0.15) is 32.2 Å². The van der Waals surface area contributed by atoms with Crippen molar-refractivity contribution in [2.75, 3.05) is 17.7 Å². The minimum Gasteiger partial charge on any atom is -0.337 e. The molecule has 1 aromatic carbocycles. The quantitative estimate of drug-likeness (QED) is 0.418. The van der Waals surface area contributed by atoms with Crippen molar-refractivity contribution < 1.29 is 9.59 Å². The number of aromatic nitrogens is 5. The number of fused-ring (bicyclic) bond motifs is 1. The highest BCUT2D eigenvalue weighted by Crippen LogP contribution is 2.43. The number of carbonyl (C=O) groups is 2. The highest BCUT2D eigenvalue weighted by molar-refractivity contribution is 7.99. The molecule has 4 aromatic rings. The summed E-state index contributed by atoms with van der Waals surface area (Å²) < 4.78 is 3.31.